The SMILES string of the molecule is CC(N)=NCCC[C@H](NC(=O)[C@H](CCCCNC(=O)OC(C)(C)C)NC(=O)[C@@H](Cc1ccc(F)cc1)NC(=O)[C@@H](N)CC(=O)OC(C)(C)C)C(=O)NCC(=O)O. The molecule has 5 amide bonds. The molecule has 0 aromatic heterocycles. The van der Waals surface area contributed by atoms with Gasteiger partial charge >= 0.3 is 18.0 Å². The van der Waals surface area contributed by atoms with E-state index in [1.807, 2.05) is 0 Å². The van der Waals surface area contributed by atoms with Crippen molar-refractivity contribution < 1.29 is 52.5 Å². The van der Waals surface area contributed by atoms with E-state index in [4.69, 9.17) is 26.0 Å². The molecule has 1 aromatic rings. The quantitative estimate of drug-likeness (QED) is 0.0352. The summed E-state index contributed by atoms with van der Waals surface area (Å²) in [5.41, 5.74) is 10.5. The zero-order chi connectivity index (χ0) is 42.6. The van der Waals surface area contributed by atoms with E-state index >= 15 is 0 Å². The smallest absolute Gasteiger partial charge is 0.407 e. The van der Waals surface area contributed by atoms with E-state index in [1.54, 1.807) is 48.5 Å². The maximum Gasteiger partial charge on any atom is 0.407 e. The Morgan fingerprint density at radius 3 is 1.86 bits per heavy atom. The van der Waals surface area contributed by atoms with Crippen LogP contribution in [0, 0.1) is 5.82 Å². The molecule has 10 N–H and O–H groups in total. The van der Waals surface area contributed by atoms with Gasteiger partial charge in [-0.15, -0.1) is 0 Å². The average Bonchev–Trinajstić information content (AvgIpc) is 3.06. The molecule has 0 aliphatic carbocycles. The van der Waals surface area contributed by atoms with Crippen molar-refractivity contribution in [2.24, 2.45) is 16.5 Å². The standard InChI is InChI=1S/C37H59FN8O10/c1-22(39)41-18-10-12-26(32(51)43-21-29(47)48)44-33(52)27(11-8-9-17-42-35(54)56-37(5,6)7)45-34(53)28(19-23-13-15-24(38)16-14-23)46-31(50)25(40)20-30(49)55-36(2,3)4/h13-16,25-28H,8-12,17-21,40H2,1-7H3,(H2,39,41)(H,42,54)(H,43,51)(H,44,52)(H,45,53)(H,46,50)(H,47,48)/t25-,26-,27-,28+/m0/s1. The van der Waals surface area contributed by atoms with Gasteiger partial charge < -0.3 is 52.6 Å². The maximum absolute atomic E-state index is 13.9. The number of nitrogens with two attached hydrogens (primary N) is 2. The fourth-order valence-electron chi connectivity index (χ4n) is 4.90. The number of carbonyl (C=O) groups excluding carboxylic acids is 6. The number of hydrogen-bond donors (Lipinski definition) is 8. The summed E-state index contributed by atoms with van der Waals surface area (Å²) in [5.74, 6) is -5.61. The van der Waals surface area contributed by atoms with Crippen molar-refractivity contribution >= 4 is 47.5 Å². The van der Waals surface area contributed by atoms with E-state index in [2.05, 4.69) is 31.6 Å². The van der Waals surface area contributed by atoms with Crippen molar-refractivity contribution in [1.29, 1.82) is 0 Å². The highest BCUT2D eigenvalue weighted by molar-refractivity contribution is 5.95. The first-order chi connectivity index (χ1) is 26.0. The van der Waals surface area contributed by atoms with Gasteiger partial charge in [-0.1, -0.05) is 12.1 Å². The molecular formula is C37H59FN8O10. The molecule has 0 fully saturated rings. The minimum atomic E-state index is -1.41. The lowest BCUT2D eigenvalue weighted by atomic mass is 10.0. The van der Waals surface area contributed by atoms with Crippen molar-refractivity contribution in [2.45, 2.75) is 129 Å². The third-order valence-corrected chi connectivity index (χ3v) is 7.41. The number of carboxylic acids is 1. The van der Waals surface area contributed by atoms with Crippen LogP contribution in [-0.2, 0) is 44.7 Å². The van der Waals surface area contributed by atoms with Gasteiger partial charge in [0.05, 0.1) is 18.3 Å². The molecule has 56 heavy (non-hydrogen) atoms. The lowest BCUT2D eigenvalue weighted by molar-refractivity contribution is -0.156. The Kier molecular flexibility index (Phi) is 20.5. The Labute approximate surface area is 326 Å². The predicted molar refractivity (Wildman–Crippen MR) is 204 cm³/mol. The topological polar surface area (TPSA) is 283 Å². The van der Waals surface area contributed by atoms with E-state index in [0.29, 0.717) is 17.8 Å². The number of nitrogens with zero attached hydrogens (tertiary/aromatic N) is 1. The summed E-state index contributed by atoms with van der Waals surface area (Å²) in [7, 11) is 0. The molecule has 0 radical (unpaired) electrons. The van der Waals surface area contributed by atoms with Crippen LogP contribution in [0.2, 0.25) is 0 Å². The van der Waals surface area contributed by atoms with Crippen LogP contribution in [0.25, 0.3) is 0 Å². The van der Waals surface area contributed by atoms with E-state index in [-0.39, 0.29) is 45.2 Å². The van der Waals surface area contributed by atoms with Crippen molar-refractivity contribution in [3.05, 3.63) is 35.6 Å². The minimum absolute atomic E-state index is 0.0108. The summed E-state index contributed by atoms with van der Waals surface area (Å²) in [6, 6.07) is -0.206. The number of aliphatic imine (C=N–C) groups is 1. The number of benzene rings is 1. The van der Waals surface area contributed by atoms with Crippen LogP contribution in [0.3, 0.4) is 0 Å². The van der Waals surface area contributed by atoms with Gasteiger partial charge in [-0.3, -0.25) is 33.8 Å². The first-order valence-corrected chi connectivity index (χ1v) is 18.3. The normalized spacial score (nSPS) is 13.9. The molecule has 0 bridgehead atoms. The van der Waals surface area contributed by atoms with Crippen molar-refractivity contribution in [3.63, 3.8) is 0 Å². The number of ether oxygens (including phenoxy) is 2. The number of amidine groups is 1. The summed E-state index contributed by atoms with van der Waals surface area (Å²) >= 11 is 0. The first-order valence-electron chi connectivity index (χ1n) is 18.3. The van der Waals surface area contributed by atoms with E-state index in [9.17, 15) is 38.0 Å². The number of unbranched alkanes of at least 4 members (excludes halogenated alkanes) is 1. The van der Waals surface area contributed by atoms with Crippen molar-refractivity contribution in [3.8, 4) is 0 Å². The van der Waals surface area contributed by atoms with Crippen LogP contribution in [0.15, 0.2) is 29.3 Å². The second-order valence-electron chi connectivity index (χ2n) is 15.1. The molecule has 18 nitrogen and oxygen atoms in total. The largest absolute Gasteiger partial charge is 0.480 e. The predicted octanol–water partition coefficient (Wildman–Crippen LogP) is 0.935. The van der Waals surface area contributed by atoms with E-state index in [1.165, 1.54) is 12.1 Å². The lowest BCUT2D eigenvalue weighted by Gasteiger charge is -2.26. The van der Waals surface area contributed by atoms with E-state index < -0.39 is 95.8 Å². The van der Waals surface area contributed by atoms with Crippen LogP contribution in [0.5, 0.6) is 0 Å². The number of hydrogen-bond acceptors (Lipinski definition) is 11. The van der Waals surface area contributed by atoms with Gasteiger partial charge in [0.2, 0.25) is 23.6 Å². The molecule has 314 valence electrons. The second kappa shape index (κ2) is 23.6. The number of nitrogens with one attached hydrogen (secondary N) is 5. The molecule has 0 unspecified atom stereocenters. The summed E-state index contributed by atoms with van der Waals surface area (Å²) in [4.78, 5) is 93.6. The Morgan fingerprint density at radius 2 is 1.30 bits per heavy atom. The molecule has 1 rings (SSSR count). The highest BCUT2D eigenvalue weighted by Crippen LogP contribution is 2.12. The number of aliphatic carboxylic acids is 1. The zero-order valence-corrected chi connectivity index (χ0v) is 33.3. The molecule has 0 aliphatic rings. The summed E-state index contributed by atoms with van der Waals surface area (Å²) in [6.07, 6.45) is -0.408. The molecular weight excluding hydrogens is 735 g/mol. The fraction of sp³-hybridized carbons (Fsp3) is 0.622. The van der Waals surface area contributed by atoms with Crippen LogP contribution >= 0.6 is 0 Å². The number of halogens is 1. The summed E-state index contributed by atoms with van der Waals surface area (Å²) < 4.78 is 24.2. The number of rotatable bonds is 22. The van der Waals surface area contributed by atoms with Gasteiger partial charge in [0.15, 0.2) is 0 Å². The average molecular weight is 795 g/mol. The molecule has 1 aromatic carbocycles. The van der Waals surface area contributed by atoms with Crippen LogP contribution in [-0.4, -0.2) is 108 Å². The van der Waals surface area contributed by atoms with Gasteiger partial charge in [-0.25, -0.2) is 9.18 Å². The van der Waals surface area contributed by atoms with Crippen molar-refractivity contribution in [1.82, 2.24) is 26.6 Å². The Morgan fingerprint density at radius 1 is 0.768 bits per heavy atom. The third kappa shape index (κ3) is 22.1. The summed E-state index contributed by atoms with van der Waals surface area (Å²) in [5, 5.41) is 21.7. The van der Waals surface area contributed by atoms with Gasteiger partial charge in [-0.2, -0.15) is 0 Å². The number of carboxylic acid groups (broad SMARTS) is 1. The second-order valence-corrected chi connectivity index (χ2v) is 15.1. The van der Waals surface area contributed by atoms with Gasteiger partial charge in [0.25, 0.3) is 0 Å². The monoisotopic (exact) mass is 794 g/mol. The first kappa shape index (κ1) is 48.7. The highest BCUT2D eigenvalue weighted by atomic mass is 19.1. The van der Waals surface area contributed by atoms with Crippen LogP contribution in [0.4, 0.5) is 9.18 Å². The minimum Gasteiger partial charge on any atom is -0.480 e. The molecule has 0 heterocycles. The van der Waals surface area contributed by atoms with Crippen molar-refractivity contribution in [2.75, 3.05) is 19.6 Å². The third-order valence-electron chi connectivity index (χ3n) is 7.41. The highest BCUT2D eigenvalue weighted by Gasteiger charge is 2.31. The maximum atomic E-state index is 13.9. The zero-order valence-electron chi connectivity index (χ0n) is 33.3. The van der Waals surface area contributed by atoms with E-state index in [0.717, 1.165) is 12.1 Å². The molecule has 0 spiro atoms. The Bertz CT molecular complexity index is 1520. The molecule has 0 saturated heterocycles. The Hall–Kier alpha value is -5.33. The van der Waals surface area contributed by atoms with Crippen LogP contribution in [0.1, 0.15) is 92.6 Å². The number of carbonyl (C=O) groups is 7. The Balaban J connectivity index is 3.35. The molecule has 0 aliphatic heterocycles. The molecule has 19 heteroatoms. The number of esters is 1. The molecule has 4 atom stereocenters. The van der Waals surface area contributed by atoms with Gasteiger partial charge in [-0.05, 0) is 98.3 Å². The fourth-order valence-corrected chi connectivity index (χ4v) is 4.90. The van der Waals surface area contributed by atoms with Crippen LogP contribution < -0.4 is 38.1 Å². The van der Waals surface area contributed by atoms with Gasteiger partial charge in [0.1, 0.15) is 41.7 Å². The lowest BCUT2D eigenvalue weighted by Crippen LogP contribution is -2.58. The van der Waals surface area contributed by atoms with Gasteiger partial charge in [0, 0.05) is 19.5 Å². The number of amides is 5. The molecule has 0 saturated carbocycles. The summed E-state index contributed by atoms with van der Waals surface area (Å²) in [6.45, 7) is 11.3. The number of alkyl carbamates (subject to hydrolysis) is 1.